The van der Waals surface area contributed by atoms with Gasteiger partial charge in [-0.1, -0.05) is 6.92 Å². The molecule has 0 aromatic carbocycles. The Morgan fingerprint density at radius 3 is 2.69 bits per heavy atom. The molecule has 1 aliphatic rings. The summed E-state index contributed by atoms with van der Waals surface area (Å²) in [5, 5.41) is 0. The molecule has 16 heavy (non-hydrogen) atoms. The van der Waals surface area contributed by atoms with Crippen molar-refractivity contribution in [3.8, 4) is 0 Å². The summed E-state index contributed by atoms with van der Waals surface area (Å²) < 4.78 is 0. The van der Waals surface area contributed by atoms with Crippen LogP contribution in [0.5, 0.6) is 0 Å². The van der Waals surface area contributed by atoms with Crippen LogP contribution in [-0.2, 0) is 0 Å². The van der Waals surface area contributed by atoms with E-state index < -0.39 is 0 Å². The van der Waals surface area contributed by atoms with Gasteiger partial charge in [0.25, 0.3) is 0 Å². The average Bonchev–Trinajstić information content (AvgIpc) is 2.81. The molecule has 2 heterocycles. The fourth-order valence-electron chi connectivity index (χ4n) is 2.29. The van der Waals surface area contributed by atoms with Gasteiger partial charge in [0.2, 0.25) is 0 Å². The molecule has 0 aliphatic carbocycles. The normalized spacial score (nSPS) is 17.8. The smallest absolute Gasteiger partial charge is 0.131 e. The second kappa shape index (κ2) is 4.83. The molecule has 2 N–H and O–H groups in total. The molecular weight excluding hydrogens is 198 g/mol. The van der Waals surface area contributed by atoms with Gasteiger partial charge < -0.3 is 10.6 Å². The van der Waals surface area contributed by atoms with Gasteiger partial charge in [-0.05, 0) is 43.4 Å². The maximum Gasteiger partial charge on any atom is 0.131 e. The molecule has 1 saturated heterocycles. The number of aromatic nitrogens is 1. The summed E-state index contributed by atoms with van der Waals surface area (Å²) in [5.41, 5.74) is 8.42. The van der Waals surface area contributed by atoms with Gasteiger partial charge in [0.05, 0.1) is 0 Å². The molecule has 0 amide bonds. The summed E-state index contributed by atoms with van der Waals surface area (Å²) in [6, 6.07) is 2.31. The zero-order chi connectivity index (χ0) is 11.5. The number of anilines is 1. The summed E-state index contributed by atoms with van der Waals surface area (Å²) in [4.78, 5) is 6.95. The van der Waals surface area contributed by atoms with Gasteiger partial charge in [-0.15, -0.1) is 0 Å². The van der Waals surface area contributed by atoms with E-state index in [-0.39, 0.29) is 6.04 Å². The van der Waals surface area contributed by atoms with E-state index in [0.717, 1.165) is 30.9 Å². The lowest BCUT2D eigenvalue weighted by molar-refractivity contribution is 0.693. The molecule has 3 nitrogen and oxygen atoms in total. The van der Waals surface area contributed by atoms with Gasteiger partial charge in [-0.25, -0.2) is 4.98 Å². The van der Waals surface area contributed by atoms with Crippen molar-refractivity contribution in [3.05, 3.63) is 23.4 Å². The van der Waals surface area contributed by atoms with Crippen LogP contribution in [-0.4, -0.2) is 18.1 Å². The molecule has 0 bridgehead atoms. The molecular formula is C13H21N3. The van der Waals surface area contributed by atoms with Crippen LogP contribution in [0.25, 0.3) is 0 Å². The highest BCUT2D eigenvalue weighted by molar-refractivity contribution is 5.48. The Morgan fingerprint density at radius 1 is 1.44 bits per heavy atom. The van der Waals surface area contributed by atoms with Crippen molar-refractivity contribution >= 4 is 5.82 Å². The van der Waals surface area contributed by atoms with Crippen LogP contribution in [0.4, 0.5) is 5.82 Å². The Labute approximate surface area is 97.7 Å². The maximum atomic E-state index is 6.01. The number of rotatable bonds is 3. The van der Waals surface area contributed by atoms with E-state index in [9.17, 15) is 0 Å². The average molecular weight is 219 g/mol. The zero-order valence-corrected chi connectivity index (χ0v) is 10.2. The van der Waals surface area contributed by atoms with Crippen molar-refractivity contribution in [2.45, 2.75) is 39.2 Å². The van der Waals surface area contributed by atoms with Gasteiger partial charge in [0.15, 0.2) is 0 Å². The predicted octanol–water partition coefficient (Wildman–Crippen LogP) is 2.40. The molecule has 2 rings (SSSR count). The third kappa shape index (κ3) is 2.19. The minimum atomic E-state index is 0.124. The van der Waals surface area contributed by atoms with Crippen LogP contribution < -0.4 is 10.6 Å². The quantitative estimate of drug-likeness (QED) is 0.848. The zero-order valence-electron chi connectivity index (χ0n) is 10.2. The molecule has 1 aromatic rings. The third-order valence-corrected chi connectivity index (χ3v) is 3.35. The van der Waals surface area contributed by atoms with Crippen molar-refractivity contribution in [2.75, 3.05) is 18.0 Å². The van der Waals surface area contributed by atoms with E-state index in [1.165, 1.54) is 18.4 Å². The van der Waals surface area contributed by atoms with Gasteiger partial charge >= 0.3 is 0 Å². The number of nitrogens with two attached hydrogens (primary N) is 1. The molecule has 3 heteroatoms. The van der Waals surface area contributed by atoms with Crippen LogP contribution in [0.15, 0.2) is 12.3 Å². The molecule has 1 aliphatic heterocycles. The van der Waals surface area contributed by atoms with E-state index in [2.05, 4.69) is 29.8 Å². The Morgan fingerprint density at radius 2 is 2.12 bits per heavy atom. The van der Waals surface area contributed by atoms with E-state index >= 15 is 0 Å². The molecule has 0 saturated carbocycles. The van der Waals surface area contributed by atoms with Crippen molar-refractivity contribution in [1.29, 1.82) is 0 Å². The highest BCUT2D eigenvalue weighted by atomic mass is 15.2. The first-order valence-corrected chi connectivity index (χ1v) is 6.19. The molecule has 1 atom stereocenters. The largest absolute Gasteiger partial charge is 0.356 e. The highest BCUT2D eigenvalue weighted by Gasteiger charge is 2.16. The van der Waals surface area contributed by atoms with Gasteiger partial charge in [-0.2, -0.15) is 0 Å². The summed E-state index contributed by atoms with van der Waals surface area (Å²) >= 11 is 0. The Kier molecular flexibility index (Phi) is 3.44. The lowest BCUT2D eigenvalue weighted by Crippen LogP contribution is -2.20. The topological polar surface area (TPSA) is 42.1 Å². The van der Waals surface area contributed by atoms with Crippen molar-refractivity contribution in [2.24, 2.45) is 5.73 Å². The highest BCUT2D eigenvalue weighted by Crippen LogP contribution is 2.24. The van der Waals surface area contributed by atoms with Crippen LogP contribution >= 0.6 is 0 Å². The fourth-order valence-corrected chi connectivity index (χ4v) is 2.29. The lowest BCUT2D eigenvalue weighted by atomic mass is 10.1. The van der Waals surface area contributed by atoms with E-state index in [0.29, 0.717) is 0 Å². The maximum absolute atomic E-state index is 6.01. The first-order valence-electron chi connectivity index (χ1n) is 6.19. The molecule has 0 radical (unpaired) electrons. The second-order valence-corrected chi connectivity index (χ2v) is 4.62. The van der Waals surface area contributed by atoms with Crippen LogP contribution in [0.3, 0.4) is 0 Å². The van der Waals surface area contributed by atoms with Crippen molar-refractivity contribution in [3.63, 3.8) is 0 Å². The van der Waals surface area contributed by atoms with Gasteiger partial charge in [-0.3, -0.25) is 0 Å². The molecule has 0 spiro atoms. The standard InChI is InChI=1S/C13H21N3/c1-3-12(14)11-8-10(2)13(15-9-11)16-6-4-5-7-16/h8-9,12H,3-7,14H2,1-2H3. The fraction of sp³-hybridized carbons (Fsp3) is 0.615. The number of aryl methyl sites for hydroxylation is 1. The SMILES string of the molecule is CCC(N)c1cnc(N2CCCC2)c(C)c1. The molecule has 1 fully saturated rings. The van der Waals surface area contributed by atoms with Crippen LogP contribution in [0.1, 0.15) is 43.4 Å². The molecule has 88 valence electrons. The minimum absolute atomic E-state index is 0.124. The van der Waals surface area contributed by atoms with E-state index in [4.69, 9.17) is 5.73 Å². The number of nitrogens with zero attached hydrogens (tertiary/aromatic N) is 2. The first-order chi connectivity index (χ1) is 7.72. The summed E-state index contributed by atoms with van der Waals surface area (Å²) in [6.07, 6.45) is 5.48. The van der Waals surface area contributed by atoms with Gasteiger partial charge in [0.1, 0.15) is 5.82 Å². The Bertz CT molecular complexity index is 356. The van der Waals surface area contributed by atoms with Gasteiger partial charge in [0, 0.05) is 25.3 Å². The van der Waals surface area contributed by atoms with Crippen LogP contribution in [0.2, 0.25) is 0 Å². The van der Waals surface area contributed by atoms with Crippen LogP contribution in [0, 0.1) is 6.92 Å². The third-order valence-electron chi connectivity index (χ3n) is 3.35. The number of hydrogen-bond acceptors (Lipinski definition) is 3. The second-order valence-electron chi connectivity index (χ2n) is 4.62. The Balaban J connectivity index is 2.22. The summed E-state index contributed by atoms with van der Waals surface area (Å²) in [6.45, 7) is 6.53. The monoisotopic (exact) mass is 219 g/mol. The number of pyridine rings is 1. The number of hydrogen-bond donors (Lipinski definition) is 1. The molecule has 1 aromatic heterocycles. The summed E-state index contributed by atoms with van der Waals surface area (Å²) in [5.74, 6) is 1.14. The van der Waals surface area contributed by atoms with E-state index in [1.54, 1.807) is 0 Å². The predicted molar refractivity (Wildman–Crippen MR) is 67.6 cm³/mol. The summed E-state index contributed by atoms with van der Waals surface area (Å²) in [7, 11) is 0. The van der Waals surface area contributed by atoms with Crippen molar-refractivity contribution < 1.29 is 0 Å². The lowest BCUT2D eigenvalue weighted by Gasteiger charge is -2.20. The first kappa shape index (κ1) is 11.4. The van der Waals surface area contributed by atoms with Crippen molar-refractivity contribution in [1.82, 2.24) is 4.98 Å². The Hall–Kier alpha value is -1.09. The molecule has 1 unspecified atom stereocenters. The van der Waals surface area contributed by atoms with E-state index in [1.807, 2.05) is 6.20 Å². The minimum Gasteiger partial charge on any atom is -0.356 e.